The summed E-state index contributed by atoms with van der Waals surface area (Å²) in [4.78, 5) is 21.7. The van der Waals surface area contributed by atoms with E-state index in [1.54, 1.807) is 0 Å². The van der Waals surface area contributed by atoms with Gasteiger partial charge in [0.05, 0.1) is 5.41 Å². The van der Waals surface area contributed by atoms with Gasteiger partial charge in [-0.2, -0.15) is 0 Å². The SMILES string of the molecule is Cc1cc(CCCCCCC(C)(C)OC=O)c(C)c(CCCCCCC(C)(C)C(=O)O)c1. The third kappa shape index (κ3) is 10.7. The van der Waals surface area contributed by atoms with E-state index < -0.39 is 11.4 Å². The Hall–Kier alpha value is -1.84. The van der Waals surface area contributed by atoms with Crippen LogP contribution in [-0.4, -0.2) is 23.1 Å². The second kappa shape index (κ2) is 13.6. The van der Waals surface area contributed by atoms with Gasteiger partial charge in [0, 0.05) is 0 Å². The van der Waals surface area contributed by atoms with Gasteiger partial charge < -0.3 is 9.84 Å². The van der Waals surface area contributed by atoms with E-state index in [4.69, 9.17) is 4.74 Å². The standard InChI is InChI=1S/C28H46O4/c1-22-19-24(15-11-7-9-13-17-27(3,4)26(30)31)23(2)25(20-22)16-12-8-10-14-18-28(5,6)32-21-29/h19-21H,7-18H2,1-6H3,(H,30,31). The highest BCUT2D eigenvalue weighted by atomic mass is 16.5. The van der Waals surface area contributed by atoms with Crippen molar-refractivity contribution in [3.8, 4) is 0 Å². The van der Waals surface area contributed by atoms with E-state index in [1.807, 2.05) is 27.7 Å². The van der Waals surface area contributed by atoms with Crippen molar-refractivity contribution in [3.05, 3.63) is 34.4 Å². The molecule has 182 valence electrons. The second-order valence-electron chi connectivity index (χ2n) is 10.7. The summed E-state index contributed by atoms with van der Waals surface area (Å²) in [6.07, 6.45) is 12.9. The minimum atomic E-state index is -0.698. The van der Waals surface area contributed by atoms with E-state index in [-0.39, 0.29) is 5.60 Å². The van der Waals surface area contributed by atoms with Gasteiger partial charge in [0.25, 0.3) is 6.47 Å². The molecule has 1 aromatic rings. The van der Waals surface area contributed by atoms with Crippen LogP contribution in [0, 0.1) is 19.3 Å². The summed E-state index contributed by atoms with van der Waals surface area (Å²) in [7, 11) is 0. The number of benzene rings is 1. The molecule has 0 bridgehead atoms. The van der Waals surface area contributed by atoms with Crippen LogP contribution in [0.2, 0.25) is 0 Å². The lowest BCUT2D eigenvalue weighted by Gasteiger charge is -2.22. The molecule has 0 amide bonds. The van der Waals surface area contributed by atoms with Gasteiger partial charge >= 0.3 is 5.97 Å². The Morgan fingerprint density at radius 2 is 1.31 bits per heavy atom. The summed E-state index contributed by atoms with van der Waals surface area (Å²) in [6, 6.07) is 4.68. The lowest BCUT2D eigenvalue weighted by molar-refractivity contribution is -0.147. The highest BCUT2D eigenvalue weighted by molar-refractivity contribution is 5.73. The molecule has 4 heteroatoms. The van der Waals surface area contributed by atoms with Crippen LogP contribution in [-0.2, 0) is 27.2 Å². The smallest absolute Gasteiger partial charge is 0.309 e. The fourth-order valence-corrected chi connectivity index (χ4v) is 4.29. The van der Waals surface area contributed by atoms with Crippen LogP contribution < -0.4 is 0 Å². The van der Waals surface area contributed by atoms with Gasteiger partial charge in [0.15, 0.2) is 0 Å². The zero-order valence-electron chi connectivity index (χ0n) is 21.4. The van der Waals surface area contributed by atoms with Crippen molar-refractivity contribution < 1.29 is 19.4 Å². The van der Waals surface area contributed by atoms with Gasteiger partial charge in [-0.25, -0.2) is 0 Å². The second-order valence-corrected chi connectivity index (χ2v) is 10.7. The van der Waals surface area contributed by atoms with Crippen LogP contribution in [0.3, 0.4) is 0 Å². The number of hydrogen-bond acceptors (Lipinski definition) is 3. The fourth-order valence-electron chi connectivity index (χ4n) is 4.29. The van der Waals surface area contributed by atoms with Crippen molar-refractivity contribution in [1.29, 1.82) is 0 Å². The summed E-state index contributed by atoms with van der Waals surface area (Å²) in [5.41, 5.74) is 4.78. The molecular weight excluding hydrogens is 400 g/mol. The molecule has 0 atom stereocenters. The van der Waals surface area contributed by atoms with Crippen molar-refractivity contribution in [2.75, 3.05) is 0 Å². The van der Waals surface area contributed by atoms with E-state index in [9.17, 15) is 14.7 Å². The van der Waals surface area contributed by atoms with Gasteiger partial charge in [0.1, 0.15) is 5.60 Å². The van der Waals surface area contributed by atoms with Gasteiger partial charge in [-0.15, -0.1) is 0 Å². The molecule has 0 saturated carbocycles. The van der Waals surface area contributed by atoms with Crippen molar-refractivity contribution >= 4 is 12.4 Å². The van der Waals surface area contributed by atoms with Gasteiger partial charge in [-0.1, -0.05) is 49.8 Å². The third-order valence-electron chi connectivity index (χ3n) is 6.69. The molecule has 0 radical (unpaired) electrons. The number of ether oxygens (including phenoxy) is 1. The summed E-state index contributed by atoms with van der Waals surface area (Å²) < 4.78 is 5.12. The van der Waals surface area contributed by atoms with Crippen LogP contribution >= 0.6 is 0 Å². The monoisotopic (exact) mass is 446 g/mol. The lowest BCUT2D eigenvalue weighted by Crippen LogP contribution is -2.23. The minimum absolute atomic E-state index is 0.351. The summed E-state index contributed by atoms with van der Waals surface area (Å²) in [5.74, 6) is -0.698. The average Bonchev–Trinajstić information content (AvgIpc) is 2.69. The molecule has 0 spiro atoms. The quantitative estimate of drug-likeness (QED) is 0.201. The highest BCUT2D eigenvalue weighted by Crippen LogP contribution is 2.25. The molecule has 0 aliphatic carbocycles. The highest BCUT2D eigenvalue weighted by Gasteiger charge is 2.25. The molecule has 4 nitrogen and oxygen atoms in total. The first-order chi connectivity index (χ1) is 15.0. The first kappa shape index (κ1) is 28.2. The summed E-state index contributed by atoms with van der Waals surface area (Å²) >= 11 is 0. The van der Waals surface area contributed by atoms with E-state index in [0.29, 0.717) is 6.47 Å². The van der Waals surface area contributed by atoms with Crippen LogP contribution in [0.25, 0.3) is 0 Å². The molecule has 0 saturated heterocycles. The van der Waals surface area contributed by atoms with Crippen molar-refractivity contribution in [3.63, 3.8) is 0 Å². The van der Waals surface area contributed by atoms with Crippen LogP contribution in [0.15, 0.2) is 12.1 Å². The Balaban J connectivity index is 2.38. The van der Waals surface area contributed by atoms with E-state index in [2.05, 4.69) is 26.0 Å². The Kier molecular flexibility index (Phi) is 12.0. The fraction of sp³-hybridized carbons (Fsp3) is 0.714. The molecular formula is C28H46O4. The van der Waals surface area contributed by atoms with E-state index in [1.165, 1.54) is 41.5 Å². The largest absolute Gasteiger partial charge is 0.481 e. The zero-order valence-corrected chi connectivity index (χ0v) is 21.4. The number of unbranched alkanes of at least 4 members (excludes halogenated alkanes) is 6. The number of carboxylic acids is 1. The zero-order chi connectivity index (χ0) is 24.2. The Morgan fingerprint density at radius 1 is 0.844 bits per heavy atom. The van der Waals surface area contributed by atoms with Crippen molar-refractivity contribution in [2.24, 2.45) is 5.41 Å². The molecule has 0 unspecified atom stereocenters. The molecule has 0 aliphatic heterocycles. The topological polar surface area (TPSA) is 63.6 Å². The molecule has 0 fully saturated rings. The normalized spacial score (nSPS) is 12.1. The molecule has 0 heterocycles. The molecule has 0 aliphatic rings. The molecule has 1 aromatic carbocycles. The Bertz CT molecular complexity index is 718. The number of carbonyl (C=O) groups excluding carboxylic acids is 1. The minimum Gasteiger partial charge on any atom is -0.481 e. The third-order valence-corrected chi connectivity index (χ3v) is 6.69. The number of carboxylic acid groups (broad SMARTS) is 1. The van der Waals surface area contributed by atoms with Crippen LogP contribution in [0.4, 0.5) is 0 Å². The molecule has 1 rings (SSSR count). The number of rotatable bonds is 17. The Morgan fingerprint density at radius 3 is 1.78 bits per heavy atom. The molecule has 0 aromatic heterocycles. The maximum atomic E-state index is 11.2. The van der Waals surface area contributed by atoms with Crippen molar-refractivity contribution in [2.45, 2.75) is 124 Å². The first-order valence-corrected chi connectivity index (χ1v) is 12.4. The van der Waals surface area contributed by atoms with E-state index in [0.717, 1.165) is 57.8 Å². The van der Waals surface area contributed by atoms with Gasteiger partial charge in [0.2, 0.25) is 0 Å². The summed E-state index contributed by atoms with van der Waals surface area (Å²) in [5, 5.41) is 9.21. The molecule has 1 N–H and O–H groups in total. The van der Waals surface area contributed by atoms with E-state index >= 15 is 0 Å². The molecule has 32 heavy (non-hydrogen) atoms. The number of aliphatic carboxylic acids is 1. The van der Waals surface area contributed by atoms with Crippen LogP contribution in [0.1, 0.15) is 114 Å². The predicted molar refractivity (Wildman–Crippen MR) is 132 cm³/mol. The predicted octanol–water partition coefficient (Wildman–Crippen LogP) is 7.35. The maximum absolute atomic E-state index is 11.2. The lowest BCUT2D eigenvalue weighted by atomic mass is 9.87. The average molecular weight is 447 g/mol. The number of aryl methyl sites for hydroxylation is 3. The number of hydrogen-bond donors (Lipinski definition) is 1. The summed E-state index contributed by atoms with van der Waals surface area (Å²) in [6.45, 7) is 12.6. The first-order valence-electron chi connectivity index (χ1n) is 12.4. The number of carbonyl (C=O) groups is 2. The van der Waals surface area contributed by atoms with Crippen molar-refractivity contribution in [1.82, 2.24) is 0 Å². The Labute approximate surface area is 196 Å². The maximum Gasteiger partial charge on any atom is 0.309 e. The van der Waals surface area contributed by atoms with Gasteiger partial charge in [-0.3, -0.25) is 9.59 Å². The van der Waals surface area contributed by atoms with Crippen LogP contribution in [0.5, 0.6) is 0 Å². The van der Waals surface area contributed by atoms with Gasteiger partial charge in [-0.05, 0) is 103 Å².